The molecule has 1 nitrogen and oxygen atoms in total. The van der Waals surface area contributed by atoms with Crippen molar-refractivity contribution in [2.45, 2.75) is 85.1 Å². The summed E-state index contributed by atoms with van der Waals surface area (Å²) in [5, 5.41) is 0. The zero-order valence-corrected chi connectivity index (χ0v) is 13.3. The summed E-state index contributed by atoms with van der Waals surface area (Å²) >= 11 is 0. The highest BCUT2D eigenvalue weighted by Crippen LogP contribution is 2.29. The minimum absolute atomic E-state index is 0.769. The normalized spacial score (nSPS) is 23.0. The third kappa shape index (κ3) is 6.22. The summed E-state index contributed by atoms with van der Waals surface area (Å²) in [7, 11) is 0. The van der Waals surface area contributed by atoms with Crippen LogP contribution in [-0.4, -0.2) is 24.0 Å². The first-order chi connectivity index (χ1) is 8.61. The van der Waals surface area contributed by atoms with Crippen molar-refractivity contribution in [2.75, 3.05) is 13.1 Å². The van der Waals surface area contributed by atoms with E-state index >= 15 is 0 Å². The summed E-state index contributed by atoms with van der Waals surface area (Å²) in [6.45, 7) is 11.9. The van der Waals surface area contributed by atoms with Gasteiger partial charge in [0.25, 0.3) is 0 Å². The van der Waals surface area contributed by atoms with E-state index in [1.807, 2.05) is 0 Å². The molecule has 0 aromatic heterocycles. The number of rotatable bonds is 2. The molecule has 108 valence electrons. The lowest BCUT2D eigenvalue weighted by Gasteiger charge is -2.29. The van der Waals surface area contributed by atoms with E-state index < -0.39 is 0 Å². The second kappa shape index (κ2) is 8.96. The molecule has 1 saturated carbocycles. The van der Waals surface area contributed by atoms with Crippen molar-refractivity contribution in [3.05, 3.63) is 0 Å². The van der Waals surface area contributed by atoms with Crippen LogP contribution in [0.5, 0.6) is 0 Å². The van der Waals surface area contributed by atoms with E-state index in [0.29, 0.717) is 0 Å². The van der Waals surface area contributed by atoms with Crippen LogP contribution >= 0.6 is 0 Å². The molecule has 2 fully saturated rings. The van der Waals surface area contributed by atoms with Crippen molar-refractivity contribution in [1.82, 2.24) is 4.90 Å². The third-order valence-corrected chi connectivity index (χ3v) is 4.71. The summed E-state index contributed by atoms with van der Waals surface area (Å²) in [6.07, 6.45) is 11.7. The highest BCUT2D eigenvalue weighted by molar-refractivity contribution is 4.68. The van der Waals surface area contributed by atoms with Crippen LogP contribution < -0.4 is 0 Å². The van der Waals surface area contributed by atoms with Crippen LogP contribution in [0, 0.1) is 11.8 Å². The number of likely N-dealkylation sites (tertiary alicyclic amines) is 1. The Balaban J connectivity index is 0.000000180. The molecule has 1 heterocycles. The predicted molar refractivity (Wildman–Crippen MR) is 82.0 cm³/mol. The van der Waals surface area contributed by atoms with Crippen LogP contribution in [0.15, 0.2) is 0 Å². The van der Waals surface area contributed by atoms with Gasteiger partial charge in [0.2, 0.25) is 0 Å². The summed E-state index contributed by atoms with van der Waals surface area (Å²) in [4.78, 5) is 2.56. The van der Waals surface area contributed by atoms with Gasteiger partial charge < -0.3 is 4.90 Å². The van der Waals surface area contributed by atoms with Crippen LogP contribution in [0.1, 0.15) is 79.1 Å². The van der Waals surface area contributed by atoms with E-state index in [9.17, 15) is 0 Å². The van der Waals surface area contributed by atoms with Crippen molar-refractivity contribution < 1.29 is 0 Å². The summed E-state index contributed by atoms with van der Waals surface area (Å²) in [6, 6.07) is 0.769. The topological polar surface area (TPSA) is 3.24 Å². The van der Waals surface area contributed by atoms with E-state index in [1.165, 1.54) is 64.5 Å². The Morgan fingerprint density at radius 2 is 1.22 bits per heavy atom. The first kappa shape index (κ1) is 16.0. The maximum absolute atomic E-state index is 2.56. The van der Waals surface area contributed by atoms with Gasteiger partial charge in [0, 0.05) is 6.04 Å². The van der Waals surface area contributed by atoms with Crippen LogP contribution in [0.4, 0.5) is 0 Å². The average molecular weight is 253 g/mol. The van der Waals surface area contributed by atoms with Gasteiger partial charge in [-0.1, -0.05) is 52.4 Å². The van der Waals surface area contributed by atoms with Crippen LogP contribution in [0.25, 0.3) is 0 Å². The first-order valence-corrected chi connectivity index (χ1v) is 8.35. The number of piperidine rings is 1. The van der Waals surface area contributed by atoms with Gasteiger partial charge in [-0.2, -0.15) is 0 Å². The second-order valence-corrected chi connectivity index (χ2v) is 6.83. The molecule has 0 aromatic rings. The maximum Gasteiger partial charge on any atom is 0.00385 e. The maximum atomic E-state index is 2.56. The molecule has 0 spiro atoms. The number of hydrogen-bond acceptors (Lipinski definition) is 1. The van der Waals surface area contributed by atoms with Gasteiger partial charge in [-0.3, -0.25) is 0 Å². The molecule has 0 aromatic carbocycles. The molecule has 0 N–H and O–H groups in total. The highest BCUT2D eigenvalue weighted by atomic mass is 15.1. The van der Waals surface area contributed by atoms with Crippen molar-refractivity contribution >= 4 is 0 Å². The van der Waals surface area contributed by atoms with E-state index in [-0.39, 0.29) is 0 Å². The van der Waals surface area contributed by atoms with Crippen molar-refractivity contribution in [3.63, 3.8) is 0 Å². The van der Waals surface area contributed by atoms with E-state index in [1.54, 1.807) is 0 Å². The largest absolute Gasteiger partial charge is 0.301 e. The molecule has 2 rings (SSSR count). The van der Waals surface area contributed by atoms with E-state index in [0.717, 1.165) is 17.9 Å². The molecular weight excluding hydrogens is 218 g/mol. The lowest BCUT2D eigenvalue weighted by molar-refractivity contribution is 0.185. The van der Waals surface area contributed by atoms with Gasteiger partial charge in [0.1, 0.15) is 0 Å². The fraction of sp³-hybridized carbons (Fsp3) is 1.00. The SMILES string of the molecule is CC(C)C1CCCCC1.CC(C)N1CCCCC1. The summed E-state index contributed by atoms with van der Waals surface area (Å²) in [5.74, 6) is 1.99. The molecule has 1 heteroatoms. The quantitative estimate of drug-likeness (QED) is 0.661. The average Bonchev–Trinajstić information content (AvgIpc) is 2.41. The molecule has 1 saturated heterocycles. The Kier molecular flexibility index (Phi) is 7.97. The standard InChI is InChI=1S/C9H18.C8H17N/c2*1-8(2)9-6-4-3-5-7-9/h8-9H,3-7H2,1-2H3;8H,3-7H2,1-2H3. The molecule has 0 radical (unpaired) electrons. The highest BCUT2D eigenvalue weighted by Gasteiger charge is 2.15. The minimum atomic E-state index is 0.769. The van der Waals surface area contributed by atoms with Crippen molar-refractivity contribution in [3.8, 4) is 0 Å². The molecule has 0 amide bonds. The van der Waals surface area contributed by atoms with Gasteiger partial charge in [-0.25, -0.2) is 0 Å². The second-order valence-electron chi connectivity index (χ2n) is 6.83. The van der Waals surface area contributed by atoms with Gasteiger partial charge in [-0.15, -0.1) is 0 Å². The lowest BCUT2D eigenvalue weighted by Crippen LogP contribution is -2.35. The van der Waals surface area contributed by atoms with E-state index in [2.05, 4.69) is 32.6 Å². The third-order valence-electron chi connectivity index (χ3n) is 4.71. The smallest absolute Gasteiger partial charge is 0.00385 e. The molecular formula is C17H35N. The molecule has 1 aliphatic heterocycles. The molecule has 0 atom stereocenters. The molecule has 2 aliphatic rings. The minimum Gasteiger partial charge on any atom is -0.301 e. The van der Waals surface area contributed by atoms with Crippen LogP contribution in [0.2, 0.25) is 0 Å². The molecule has 0 unspecified atom stereocenters. The Hall–Kier alpha value is -0.0400. The molecule has 18 heavy (non-hydrogen) atoms. The van der Waals surface area contributed by atoms with Gasteiger partial charge >= 0.3 is 0 Å². The van der Waals surface area contributed by atoms with Crippen molar-refractivity contribution in [2.24, 2.45) is 11.8 Å². The van der Waals surface area contributed by atoms with Gasteiger partial charge in [0.05, 0.1) is 0 Å². The Labute approximate surface area is 115 Å². The molecule has 0 bridgehead atoms. The van der Waals surface area contributed by atoms with Crippen LogP contribution in [-0.2, 0) is 0 Å². The fourth-order valence-corrected chi connectivity index (χ4v) is 3.24. The van der Waals surface area contributed by atoms with Gasteiger partial charge in [-0.05, 0) is 51.6 Å². The zero-order chi connectivity index (χ0) is 13.4. The summed E-state index contributed by atoms with van der Waals surface area (Å²) < 4.78 is 0. The zero-order valence-electron chi connectivity index (χ0n) is 13.3. The molecule has 1 aliphatic carbocycles. The Morgan fingerprint density at radius 3 is 1.56 bits per heavy atom. The Morgan fingerprint density at radius 1 is 0.722 bits per heavy atom. The fourth-order valence-electron chi connectivity index (χ4n) is 3.24. The monoisotopic (exact) mass is 253 g/mol. The van der Waals surface area contributed by atoms with Crippen LogP contribution in [0.3, 0.4) is 0 Å². The lowest BCUT2D eigenvalue weighted by atomic mass is 9.82. The number of hydrogen-bond donors (Lipinski definition) is 0. The Bertz CT molecular complexity index is 164. The van der Waals surface area contributed by atoms with Gasteiger partial charge in [0.15, 0.2) is 0 Å². The number of nitrogens with zero attached hydrogens (tertiary/aromatic N) is 1. The van der Waals surface area contributed by atoms with Crippen molar-refractivity contribution in [1.29, 1.82) is 0 Å². The first-order valence-electron chi connectivity index (χ1n) is 8.35. The summed E-state index contributed by atoms with van der Waals surface area (Å²) in [5.41, 5.74) is 0. The predicted octanol–water partition coefficient (Wildman–Crippen LogP) is 5.10. The van der Waals surface area contributed by atoms with E-state index in [4.69, 9.17) is 0 Å².